The van der Waals surface area contributed by atoms with Gasteiger partial charge in [0.15, 0.2) is 0 Å². The molecular weight excluding hydrogens is 418 g/mol. The number of nitrogens with zero attached hydrogens (tertiary/aromatic N) is 1. The van der Waals surface area contributed by atoms with Gasteiger partial charge in [-0.25, -0.2) is 9.59 Å². The molecule has 4 amide bonds. The molecule has 3 rings (SSSR count). The van der Waals surface area contributed by atoms with Crippen molar-refractivity contribution in [1.29, 1.82) is 0 Å². The summed E-state index contributed by atoms with van der Waals surface area (Å²) in [4.78, 5) is 51.7. The smallest absolute Gasteiger partial charge is 0.348 e. The lowest BCUT2D eigenvalue weighted by Crippen LogP contribution is -2.44. The van der Waals surface area contributed by atoms with E-state index >= 15 is 0 Å². The number of anilines is 1. The Hall–Kier alpha value is -3.20. The summed E-state index contributed by atoms with van der Waals surface area (Å²) >= 11 is 1.09. The van der Waals surface area contributed by atoms with Gasteiger partial charge in [0.25, 0.3) is 5.91 Å². The molecule has 0 bridgehead atoms. The van der Waals surface area contributed by atoms with E-state index in [-0.39, 0.29) is 6.61 Å². The van der Waals surface area contributed by atoms with Crippen LogP contribution in [-0.4, -0.2) is 41.9 Å². The summed E-state index contributed by atoms with van der Waals surface area (Å²) in [6, 6.07) is 10.1. The molecule has 8 nitrogen and oxygen atoms in total. The molecule has 1 aliphatic heterocycles. The lowest BCUT2D eigenvalue weighted by Gasteiger charge is -2.26. The summed E-state index contributed by atoms with van der Waals surface area (Å²) in [5.74, 6) is -1.43. The number of benzene rings is 1. The van der Waals surface area contributed by atoms with Crippen LogP contribution in [0.1, 0.15) is 47.5 Å². The summed E-state index contributed by atoms with van der Waals surface area (Å²) in [5, 5.41) is 5.90. The second-order valence-corrected chi connectivity index (χ2v) is 8.29. The highest BCUT2D eigenvalue weighted by Crippen LogP contribution is 2.34. The van der Waals surface area contributed by atoms with Crippen LogP contribution in [-0.2, 0) is 19.9 Å². The van der Waals surface area contributed by atoms with Gasteiger partial charge in [0.05, 0.1) is 11.6 Å². The van der Waals surface area contributed by atoms with Gasteiger partial charge in [-0.1, -0.05) is 43.7 Å². The minimum atomic E-state index is -1.18. The maximum atomic E-state index is 13.2. The van der Waals surface area contributed by atoms with E-state index in [4.69, 9.17) is 4.74 Å². The number of ether oxygens (including phenoxy) is 1. The lowest BCUT2D eigenvalue weighted by molar-refractivity contribution is -0.134. The third kappa shape index (κ3) is 4.46. The van der Waals surface area contributed by atoms with Crippen LogP contribution < -0.4 is 10.6 Å². The van der Waals surface area contributed by atoms with Gasteiger partial charge < -0.3 is 15.4 Å². The Kier molecular flexibility index (Phi) is 6.74. The summed E-state index contributed by atoms with van der Waals surface area (Å²) in [5.41, 5.74) is 0.190. The number of rotatable bonds is 8. The van der Waals surface area contributed by atoms with Crippen molar-refractivity contribution < 1.29 is 23.9 Å². The van der Waals surface area contributed by atoms with E-state index in [0.717, 1.165) is 16.2 Å². The van der Waals surface area contributed by atoms with Gasteiger partial charge in [-0.2, -0.15) is 0 Å². The quantitative estimate of drug-likeness (QED) is 0.480. The zero-order valence-corrected chi connectivity index (χ0v) is 18.5. The number of hydrogen-bond donors (Lipinski definition) is 2. The maximum absolute atomic E-state index is 13.2. The van der Waals surface area contributed by atoms with Crippen molar-refractivity contribution in [2.24, 2.45) is 0 Å². The average Bonchev–Trinajstić information content (AvgIpc) is 3.22. The van der Waals surface area contributed by atoms with E-state index in [1.54, 1.807) is 32.0 Å². The molecule has 1 fully saturated rings. The molecule has 164 valence electrons. The molecule has 1 aromatic heterocycles. The van der Waals surface area contributed by atoms with E-state index in [1.165, 1.54) is 0 Å². The predicted octanol–water partition coefficient (Wildman–Crippen LogP) is 3.42. The van der Waals surface area contributed by atoms with Crippen molar-refractivity contribution in [3.63, 3.8) is 0 Å². The molecule has 1 saturated heterocycles. The second kappa shape index (κ2) is 9.30. The number of carbonyl (C=O) groups is 4. The van der Waals surface area contributed by atoms with Crippen LogP contribution in [0.5, 0.6) is 0 Å². The zero-order chi connectivity index (χ0) is 22.6. The van der Waals surface area contributed by atoms with Crippen LogP contribution in [0.25, 0.3) is 0 Å². The number of esters is 1. The van der Waals surface area contributed by atoms with Gasteiger partial charge in [-0.15, -0.1) is 11.3 Å². The fraction of sp³-hybridized carbons (Fsp3) is 0.364. The summed E-state index contributed by atoms with van der Waals surface area (Å²) in [6.07, 6.45) is 1.10. The molecule has 1 aliphatic rings. The van der Waals surface area contributed by atoms with Crippen LogP contribution in [0.2, 0.25) is 0 Å². The first-order valence-corrected chi connectivity index (χ1v) is 10.9. The first-order valence-electron chi connectivity index (χ1n) is 10.1. The number of carbonyl (C=O) groups excluding carboxylic acids is 4. The Labute approximate surface area is 184 Å². The Bertz CT molecular complexity index is 1000. The fourth-order valence-electron chi connectivity index (χ4n) is 3.64. The molecule has 31 heavy (non-hydrogen) atoms. The SMILES string of the molecule is CCCC1(c2ccccc2)NC(=O)N(CC(=O)Nc2cc(C)c(C(=O)OCC)s2)C1=O. The normalized spacial score (nSPS) is 18.1. The van der Waals surface area contributed by atoms with Crippen LogP contribution in [0, 0.1) is 6.92 Å². The predicted molar refractivity (Wildman–Crippen MR) is 117 cm³/mol. The van der Waals surface area contributed by atoms with Gasteiger partial charge in [-0.05, 0) is 37.5 Å². The third-order valence-electron chi connectivity index (χ3n) is 5.01. The van der Waals surface area contributed by atoms with Crippen LogP contribution in [0.15, 0.2) is 36.4 Å². The van der Waals surface area contributed by atoms with E-state index in [2.05, 4.69) is 10.6 Å². The number of aryl methyl sites for hydroxylation is 1. The minimum Gasteiger partial charge on any atom is -0.462 e. The van der Waals surface area contributed by atoms with Gasteiger partial charge in [0, 0.05) is 0 Å². The number of amides is 4. The summed E-state index contributed by atoms with van der Waals surface area (Å²) in [6.45, 7) is 5.23. The highest BCUT2D eigenvalue weighted by molar-refractivity contribution is 7.18. The van der Waals surface area contributed by atoms with Crippen molar-refractivity contribution in [2.75, 3.05) is 18.5 Å². The lowest BCUT2D eigenvalue weighted by atomic mass is 9.85. The Balaban J connectivity index is 1.75. The minimum absolute atomic E-state index is 0.255. The highest BCUT2D eigenvalue weighted by Gasteiger charge is 2.52. The van der Waals surface area contributed by atoms with Crippen molar-refractivity contribution in [3.8, 4) is 0 Å². The van der Waals surface area contributed by atoms with Gasteiger partial charge in [-0.3, -0.25) is 14.5 Å². The fourth-order valence-corrected chi connectivity index (χ4v) is 4.62. The molecule has 0 saturated carbocycles. The molecule has 1 unspecified atom stereocenters. The molecule has 1 atom stereocenters. The Morgan fingerprint density at radius 1 is 1.19 bits per heavy atom. The maximum Gasteiger partial charge on any atom is 0.348 e. The van der Waals surface area contributed by atoms with Crippen LogP contribution >= 0.6 is 11.3 Å². The molecule has 0 spiro atoms. The van der Waals surface area contributed by atoms with Crippen LogP contribution in [0.4, 0.5) is 9.80 Å². The molecule has 2 N–H and O–H groups in total. The second-order valence-electron chi connectivity index (χ2n) is 7.23. The van der Waals surface area contributed by atoms with E-state index in [1.807, 2.05) is 25.1 Å². The molecular formula is C22H25N3O5S. The monoisotopic (exact) mass is 443 g/mol. The Morgan fingerprint density at radius 2 is 1.90 bits per heavy atom. The van der Waals surface area contributed by atoms with Crippen molar-refractivity contribution >= 4 is 40.2 Å². The Morgan fingerprint density at radius 3 is 2.55 bits per heavy atom. The number of hydrogen-bond acceptors (Lipinski definition) is 6. The number of urea groups is 1. The van der Waals surface area contributed by atoms with Gasteiger partial charge >= 0.3 is 12.0 Å². The van der Waals surface area contributed by atoms with Gasteiger partial charge in [0.2, 0.25) is 5.91 Å². The molecule has 9 heteroatoms. The highest BCUT2D eigenvalue weighted by atomic mass is 32.1. The third-order valence-corrected chi connectivity index (χ3v) is 6.14. The van der Waals surface area contributed by atoms with Crippen molar-refractivity contribution in [1.82, 2.24) is 10.2 Å². The first-order chi connectivity index (χ1) is 14.8. The summed E-state index contributed by atoms with van der Waals surface area (Å²) in [7, 11) is 0. The molecule has 0 aliphatic carbocycles. The van der Waals surface area contributed by atoms with Gasteiger partial charge in [0.1, 0.15) is 17.0 Å². The van der Waals surface area contributed by atoms with Crippen molar-refractivity contribution in [2.45, 2.75) is 39.2 Å². The molecule has 2 aromatic rings. The molecule has 1 aromatic carbocycles. The number of thiophene rings is 1. The topological polar surface area (TPSA) is 105 Å². The largest absolute Gasteiger partial charge is 0.462 e. The van der Waals surface area contributed by atoms with Crippen molar-refractivity contribution in [3.05, 3.63) is 52.4 Å². The van der Waals surface area contributed by atoms with E-state index < -0.39 is 35.9 Å². The standard InChI is InChI=1S/C22H25N3O5S/c1-4-11-22(15-9-7-6-8-10-15)20(28)25(21(29)24-22)13-16(26)23-17-12-14(3)18(31-17)19(27)30-5-2/h6-10,12H,4-5,11,13H2,1-3H3,(H,23,26)(H,24,29). The zero-order valence-electron chi connectivity index (χ0n) is 17.7. The summed E-state index contributed by atoms with van der Waals surface area (Å²) < 4.78 is 5.00. The molecule has 2 heterocycles. The average molecular weight is 444 g/mol. The molecule has 0 radical (unpaired) electrons. The number of imide groups is 1. The van der Waals surface area contributed by atoms with E-state index in [0.29, 0.717) is 33.8 Å². The first kappa shape index (κ1) is 22.5. The van der Waals surface area contributed by atoms with Crippen LogP contribution in [0.3, 0.4) is 0 Å². The van der Waals surface area contributed by atoms with E-state index in [9.17, 15) is 19.2 Å². The number of nitrogens with one attached hydrogen (secondary N) is 2.